The van der Waals surface area contributed by atoms with Crippen molar-refractivity contribution in [1.29, 1.82) is 0 Å². The summed E-state index contributed by atoms with van der Waals surface area (Å²) in [6.45, 7) is 8.22. The number of ether oxygens (including phenoxy) is 4. The summed E-state index contributed by atoms with van der Waals surface area (Å²) in [5.74, 6) is -0.429. The van der Waals surface area contributed by atoms with Gasteiger partial charge in [-0.15, -0.1) is 0 Å². The lowest BCUT2D eigenvalue weighted by Crippen LogP contribution is -2.40. The van der Waals surface area contributed by atoms with Crippen molar-refractivity contribution in [2.75, 3.05) is 26.9 Å². The van der Waals surface area contributed by atoms with Crippen molar-refractivity contribution in [2.45, 2.75) is 40.3 Å². The van der Waals surface area contributed by atoms with Crippen LogP contribution in [0.4, 0.5) is 0 Å². The molecule has 1 aliphatic rings. The zero-order valence-corrected chi connectivity index (χ0v) is 28.8. The van der Waals surface area contributed by atoms with E-state index in [0.717, 1.165) is 22.2 Å². The van der Waals surface area contributed by atoms with Gasteiger partial charge in [-0.2, -0.15) is 0 Å². The molecule has 0 spiro atoms. The van der Waals surface area contributed by atoms with Gasteiger partial charge in [-0.25, -0.2) is 14.6 Å². The molecule has 3 aromatic carbocycles. The van der Waals surface area contributed by atoms with Crippen molar-refractivity contribution in [3.05, 3.63) is 126 Å². The first-order chi connectivity index (χ1) is 23.7. The summed E-state index contributed by atoms with van der Waals surface area (Å²) in [6.07, 6.45) is 1.93. The zero-order chi connectivity index (χ0) is 34.7. The third kappa shape index (κ3) is 6.54. The molecular formula is C38H37N3O7S. The maximum absolute atomic E-state index is 14.5. The van der Waals surface area contributed by atoms with Crippen LogP contribution in [-0.4, -0.2) is 48.0 Å². The first-order valence-corrected chi connectivity index (χ1v) is 16.8. The SMILES string of the molecule is CCOC(=O)C1=C(C)N=c2s/c(=C\c3c(C)n(Cc4ccccc4)c4ccccc34)c(=O)n2[C@H]1c1ccc(OCC(=O)OC)c(OCC)c1. The van der Waals surface area contributed by atoms with Crippen LogP contribution in [0.2, 0.25) is 0 Å². The molecule has 0 amide bonds. The fourth-order valence-electron chi connectivity index (χ4n) is 6.13. The quantitative estimate of drug-likeness (QED) is 0.180. The number of carbonyl (C=O) groups is 2. The standard InChI is InChI=1S/C38H37N3O7S/c1-6-46-31-19-26(17-18-30(31)48-22-33(42)45-5)35-34(37(44)47-7-2)23(3)39-38-41(35)36(43)32(49-38)20-28-24(4)40(21-25-13-9-8-10-14-25)29-16-12-11-15-27(28)29/h8-20,35H,6-7,21-22H2,1-5H3/b32-20-/t35-/m0/s1. The summed E-state index contributed by atoms with van der Waals surface area (Å²) in [7, 11) is 1.28. The highest BCUT2D eigenvalue weighted by Gasteiger charge is 2.34. The fourth-order valence-corrected chi connectivity index (χ4v) is 7.15. The summed E-state index contributed by atoms with van der Waals surface area (Å²) in [6, 6.07) is 22.7. The van der Waals surface area contributed by atoms with Crippen molar-refractivity contribution in [1.82, 2.24) is 9.13 Å². The van der Waals surface area contributed by atoms with Gasteiger partial charge in [0.15, 0.2) is 22.9 Å². The minimum absolute atomic E-state index is 0.156. The number of hydrogen-bond donors (Lipinski definition) is 0. The Bertz CT molecular complexity index is 2260. The van der Waals surface area contributed by atoms with Crippen LogP contribution < -0.4 is 24.4 Å². The number of hydrogen-bond acceptors (Lipinski definition) is 9. The van der Waals surface area contributed by atoms with Crippen molar-refractivity contribution in [2.24, 2.45) is 4.99 Å². The molecule has 1 atom stereocenters. The number of fused-ring (bicyclic) bond motifs is 2. The van der Waals surface area contributed by atoms with Gasteiger partial charge in [0.2, 0.25) is 0 Å². The maximum atomic E-state index is 14.5. The van der Waals surface area contributed by atoms with Crippen molar-refractivity contribution < 1.29 is 28.5 Å². The molecule has 0 N–H and O–H groups in total. The lowest BCUT2D eigenvalue weighted by Gasteiger charge is -2.25. The second-order valence-corrected chi connectivity index (χ2v) is 12.4. The molecule has 0 radical (unpaired) electrons. The first-order valence-electron chi connectivity index (χ1n) is 16.0. The fraction of sp³-hybridized carbons (Fsp3) is 0.263. The summed E-state index contributed by atoms with van der Waals surface area (Å²) in [5.41, 5.74) is 5.23. The first kappa shape index (κ1) is 33.5. The van der Waals surface area contributed by atoms with E-state index >= 15 is 0 Å². The van der Waals surface area contributed by atoms with Gasteiger partial charge in [-0.3, -0.25) is 9.36 Å². The third-order valence-electron chi connectivity index (χ3n) is 8.41. The molecule has 0 aliphatic carbocycles. The number of esters is 2. The van der Waals surface area contributed by atoms with E-state index in [2.05, 4.69) is 35.8 Å². The van der Waals surface area contributed by atoms with Crippen LogP contribution in [-0.2, 0) is 25.6 Å². The van der Waals surface area contributed by atoms with E-state index in [9.17, 15) is 14.4 Å². The van der Waals surface area contributed by atoms with Gasteiger partial charge in [0.25, 0.3) is 5.56 Å². The van der Waals surface area contributed by atoms with Crippen molar-refractivity contribution >= 4 is 40.3 Å². The number of methoxy groups -OCH3 is 1. The number of benzene rings is 3. The van der Waals surface area contributed by atoms with E-state index in [-0.39, 0.29) is 24.3 Å². The van der Waals surface area contributed by atoms with Crippen molar-refractivity contribution in [3.8, 4) is 11.5 Å². The highest BCUT2D eigenvalue weighted by molar-refractivity contribution is 7.07. The molecule has 3 heterocycles. The van der Waals surface area contributed by atoms with E-state index in [1.807, 2.05) is 43.3 Å². The normalized spacial score (nSPS) is 14.4. The summed E-state index contributed by atoms with van der Waals surface area (Å²) in [5, 5.41) is 1.03. The van der Waals surface area contributed by atoms with Crippen LogP contribution in [0.25, 0.3) is 17.0 Å². The van der Waals surface area contributed by atoms with Crippen LogP contribution in [0.1, 0.15) is 49.2 Å². The molecule has 0 bridgehead atoms. The second-order valence-electron chi connectivity index (χ2n) is 11.4. The Morgan fingerprint density at radius 1 is 0.939 bits per heavy atom. The number of carbonyl (C=O) groups excluding carboxylic acids is 2. The zero-order valence-electron chi connectivity index (χ0n) is 28.0. The Morgan fingerprint density at radius 3 is 2.43 bits per heavy atom. The minimum Gasteiger partial charge on any atom is -0.490 e. The summed E-state index contributed by atoms with van der Waals surface area (Å²) >= 11 is 1.27. The summed E-state index contributed by atoms with van der Waals surface area (Å²) in [4.78, 5) is 44.9. The largest absolute Gasteiger partial charge is 0.490 e. The van der Waals surface area contributed by atoms with Gasteiger partial charge >= 0.3 is 11.9 Å². The lowest BCUT2D eigenvalue weighted by molar-refractivity contribution is -0.143. The maximum Gasteiger partial charge on any atom is 0.343 e. The number of para-hydroxylation sites is 1. The number of nitrogens with zero attached hydrogens (tertiary/aromatic N) is 3. The highest BCUT2D eigenvalue weighted by atomic mass is 32.1. The van der Waals surface area contributed by atoms with E-state index in [1.54, 1.807) is 36.6 Å². The van der Waals surface area contributed by atoms with Gasteiger partial charge in [0.05, 0.1) is 42.2 Å². The predicted octanol–water partition coefficient (Wildman–Crippen LogP) is 5.06. The van der Waals surface area contributed by atoms with E-state index in [0.29, 0.717) is 45.2 Å². The molecule has 252 valence electrons. The van der Waals surface area contributed by atoms with Crippen LogP contribution in [0.15, 0.2) is 93.9 Å². The molecule has 0 unspecified atom stereocenters. The topological polar surface area (TPSA) is 110 Å². The molecule has 0 fully saturated rings. The number of aromatic nitrogens is 2. The molecule has 0 saturated carbocycles. The molecular weight excluding hydrogens is 642 g/mol. The lowest BCUT2D eigenvalue weighted by atomic mass is 9.95. The van der Waals surface area contributed by atoms with Gasteiger partial charge in [0.1, 0.15) is 0 Å². The Hall–Kier alpha value is -5.42. The van der Waals surface area contributed by atoms with E-state index in [1.165, 1.54) is 24.0 Å². The third-order valence-corrected chi connectivity index (χ3v) is 9.40. The monoisotopic (exact) mass is 679 g/mol. The van der Waals surface area contributed by atoms with Gasteiger partial charge < -0.3 is 23.5 Å². The molecule has 10 nitrogen and oxygen atoms in total. The molecule has 2 aromatic heterocycles. The average molecular weight is 680 g/mol. The van der Waals surface area contributed by atoms with Crippen molar-refractivity contribution in [3.63, 3.8) is 0 Å². The molecule has 6 rings (SSSR count). The molecule has 1 aliphatic heterocycles. The number of rotatable bonds is 11. The van der Waals surface area contributed by atoms with Crippen LogP contribution in [0.3, 0.4) is 0 Å². The Morgan fingerprint density at radius 2 is 1.69 bits per heavy atom. The molecule has 5 aromatic rings. The molecule has 49 heavy (non-hydrogen) atoms. The van der Waals surface area contributed by atoms with Crippen LogP contribution in [0, 0.1) is 6.92 Å². The number of allylic oxidation sites excluding steroid dienone is 1. The summed E-state index contributed by atoms with van der Waals surface area (Å²) < 4.78 is 26.0. The van der Waals surface area contributed by atoms with Gasteiger partial charge in [-0.05, 0) is 63.1 Å². The second kappa shape index (κ2) is 14.4. The Kier molecular flexibility index (Phi) is 9.82. The van der Waals surface area contributed by atoms with Crippen LogP contribution in [0.5, 0.6) is 11.5 Å². The Balaban J connectivity index is 1.52. The Labute approximate surface area is 287 Å². The van der Waals surface area contributed by atoms with E-state index < -0.39 is 18.0 Å². The van der Waals surface area contributed by atoms with Gasteiger partial charge in [0, 0.05) is 28.7 Å². The molecule has 0 saturated heterocycles. The molecule has 11 heteroatoms. The van der Waals surface area contributed by atoms with Crippen LogP contribution >= 0.6 is 11.3 Å². The van der Waals surface area contributed by atoms with E-state index in [4.69, 9.17) is 23.9 Å². The predicted molar refractivity (Wildman–Crippen MR) is 188 cm³/mol. The smallest absolute Gasteiger partial charge is 0.343 e. The number of thiazole rings is 1. The van der Waals surface area contributed by atoms with Gasteiger partial charge in [-0.1, -0.05) is 65.9 Å². The average Bonchev–Trinajstić information content (AvgIpc) is 3.55. The minimum atomic E-state index is -0.855. The highest BCUT2D eigenvalue weighted by Crippen LogP contribution is 2.36.